The van der Waals surface area contributed by atoms with Crippen molar-refractivity contribution in [1.82, 2.24) is 4.98 Å². The minimum atomic E-state index is 0.0758. The molecule has 2 aromatic rings. The van der Waals surface area contributed by atoms with Crippen LogP contribution in [-0.2, 0) is 6.42 Å². The van der Waals surface area contributed by atoms with Gasteiger partial charge in [-0.15, -0.1) is 0 Å². The summed E-state index contributed by atoms with van der Waals surface area (Å²) in [5.41, 5.74) is 8.34. The van der Waals surface area contributed by atoms with Gasteiger partial charge < -0.3 is 10.8 Å². The Bertz CT molecular complexity index is 561. The van der Waals surface area contributed by atoms with Gasteiger partial charge in [0.25, 0.3) is 0 Å². The fourth-order valence-electron chi connectivity index (χ4n) is 2.20. The second-order valence-corrected chi connectivity index (χ2v) is 5.03. The van der Waals surface area contributed by atoms with Crippen molar-refractivity contribution in [1.29, 1.82) is 0 Å². The molecular formula is C14H16N2O. The second kappa shape index (κ2) is 3.70. The molecule has 0 amide bonds. The molecule has 0 radical (unpaired) electrons. The first-order valence-corrected chi connectivity index (χ1v) is 6.02. The maximum absolute atomic E-state index is 9.54. The first-order valence-electron chi connectivity index (χ1n) is 6.02. The van der Waals surface area contributed by atoms with Gasteiger partial charge in [0.05, 0.1) is 5.52 Å². The second-order valence-electron chi connectivity index (χ2n) is 5.03. The molecule has 3 N–H and O–H groups in total. The van der Waals surface area contributed by atoms with E-state index in [1.165, 1.54) is 5.56 Å². The molecule has 3 nitrogen and oxygen atoms in total. The van der Waals surface area contributed by atoms with E-state index in [4.69, 9.17) is 5.73 Å². The van der Waals surface area contributed by atoms with Gasteiger partial charge >= 0.3 is 0 Å². The zero-order chi connectivity index (χ0) is 11.9. The van der Waals surface area contributed by atoms with E-state index in [9.17, 15) is 5.11 Å². The van der Waals surface area contributed by atoms with Crippen molar-refractivity contribution in [3.63, 3.8) is 0 Å². The molecule has 0 unspecified atom stereocenters. The van der Waals surface area contributed by atoms with E-state index in [2.05, 4.69) is 4.98 Å². The van der Waals surface area contributed by atoms with Gasteiger partial charge in [-0.25, -0.2) is 0 Å². The SMILES string of the molecule is NC1(CCc2ccnc3ccc(O)cc23)CC1. The van der Waals surface area contributed by atoms with E-state index in [1.54, 1.807) is 12.1 Å². The highest BCUT2D eigenvalue weighted by molar-refractivity contribution is 5.83. The van der Waals surface area contributed by atoms with Crippen LogP contribution in [0.3, 0.4) is 0 Å². The van der Waals surface area contributed by atoms with Crippen molar-refractivity contribution >= 4 is 10.9 Å². The average molecular weight is 228 g/mol. The van der Waals surface area contributed by atoms with Crippen LogP contribution in [0.4, 0.5) is 0 Å². The van der Waals surface area contributed by atoms with Crippen LogP contribution in [0.25, 0.3) is 10.9 Å². The highest BCUT2D eigenvalue weighted by Crippen LogP contribution is 2.37. The van der Waals surface area contributed by atoms with Gasteiger partial charge in [-0.1, -0.05) is 0 Å². The summed E-state index contributed by atoms with van der Waals surface area (Å²) in [4.78, 5) is 4.30. The number of phenolic OH excluding ortho intramolecular Hbond substituents is 1. The van der Waals surface area contributed by atoms with Gasteiger partial charge in [0.1, 0.15) is 5.75 Å². The van der Waals surface area contributed by atoms with E-state index in [1.807, 2.05) is 18.3 Å². The Balaban J connectivity index is 1.94. The maximum atomic E-state index is 9.54. The third-order valence-corrected chi connectivity index (χ3v) is 3.60. The minimum absolute atomic E-state index is 0.0758. The van der Waals surface area contributed by atoms with Crippen LogP contribution in [0.15, 0.2) is 30.5 Å². The van der Waals surface area contributed by atoms with Crippen LogP contribution in [0.1, 0.15) is 24.8 Å². The molecule has 3 heteroatoms. The van der Waals surface area contributed by atoms with Crippen LogP contribution in [0.2, 0.25) is 0 Å². The number of hydrogen-bond donors (Lipinski definition) is 2. The standard InChI is InChI=1S/C14H16N2O/c15-14(6-7-14)5-3-10-4-8-16-13-2-1-11(17)9-12(10)13/h1-2,4,8-9,17H,3,5-7,15H2. The summed E-state index contributed by atoms with van der Waals surface area (Å²) in [5, 5.41) is 10.6. The first-order chi connectivity index (χ1) is 8.16. The first kappa shape index (κ1) is 10.5. The zero-order valence-corrected chi connectivity index (χ0v) is 9.69. The lowest BCUT2D eigenvalue weighted by Crippen LogP contribution is -2.22. The van der Waals surface area contributed by atoms with Gasteiger partial charge in [-0.3, -0.25) is 4.98 Å². The van der Waals surface area contributed by atoms with Gasteiger partial charge in [-0.05, 0) is 55.5 Å². The number of pyridine rings is 1. The van der Waals surface area contributed by atoms with Gasteiger partial charge in [-0.2, -0.15) is 0 Å². The molecule has 88 valence electrons. The topological polar surface area (TPSA) is 59.1 Å². The largest absolute Gasteiger partial charge is 0.508 e. The van der Waals surface area contributed by atoms with Crippen LogP contribution < -0.4 is 5.73 Å². The number of aromatic hydroxyl groups is 1. The van der Waals surface area contributed by atoms with Crippen LogP contribution in [-0.4, -0.2) is 15.6 Å². The molecule has 1 fully saturated rings. The van der Waals surface area contributed by atoms with Crippen molar-refractivity contribution in [2.24, 2.45) is 5.73 Å². The Morgan fingerprint density at radius 3 is 2.88 bits per heavy atom. The number of phenols is 1. The summed E-state index contributed by atoms with van der Waals surface area (Å²) in [6.07, 6.45) is 6.08. The van der Waals surface area contributed by atoms with Crippen LogP contribution in [0, 0.1) is 0 Å². The van der Waals surface area contributed by atoms with Gasteiger partial charge in [0.15, 0.2) is 0 Å². The molecule has 1 saturated carbocycles. The summed E-state index contributed by atoms with van der Waals surface area (Å²) in [7, 11) is 0. The van der Waals surface area contributed by atoms with E-state index in [0.29, 0.717) is 5.75 Å². The lowest BCUT2D eigenvalue weighted by Gasteiger charge is -2.10. The molecule has 1 aliphatic rings. The van der Waals surface area contributed by atoms with Crippen molar-refractivity contribution in [2.75, 3.05) is 0 Å². The van der Waals surface area contributed by atoms with Crippen LogP contribution in [0.5, 0.6) is 5.75 Å². The number of hydrogen-bond acceptors (Lipinski definition) is 3. The number of fused-ring (bicyclic) bond motifs is 1. The summed E-state index contributed by atoms with van der Waals surface area (Å²) in [6, 6.07) is 7.33. The van der Waals surface area contributed by atoms with Crippen molar-refractivity contribution in [3.8, 4) is 5.75 Å². The number of rotatable bonds is 3. The summed E-state index contributed by atoms with van der Waals surface area (Å²) in [6.45, 7) is 0. The third kappa shape index (κ3) is 2.11. The van der Waals surface area contributed by atoms with Gasteiger partial charge in [0.2, 0.25) is 0 Å². The van der Waals surface area contributed by atoms with Crippen LogP contribution >= 0.6 is 0 Å². The predicted octanol–water partition coefficient (Wildman–Crippen LogP) is 2.36. The Morgan fingerprint density at radius 2 is 2.12 bits per heavy atom. The molecule has 0 bridgehead atoms. The highest BCUT2D eigenvalue weighted by atomic mass is 16.3. The van der Waals surface area contributed by atoms with Crippen molar-refractivity contribution < 1.29 is 5.11 Å². The molecule has 0 atom stereocenters. The molecule has 17 heavy (non-hydrogen) atoms. The number of aryl methyl sites for hydroxylation is 1. The van der Waals surface area contributed by atoms with Crippen molar-refractivity contribution in [3.05, 3.63) is 36.0 Å². The molecular weight excluding hydrogens is 212 g/mol. The van der Waals surface area contributed by atoms with E-state index in [0.717, 1.165) is 36.6 Å². The molecule has 3 rings (SSSR count). The summed E-state index contributed by atoms with van der Waals surface area (Å²) >= 11 is 0. The molecule has 1 aliphatic carbocycles. The molecule has 0 aliphatic heterocycles. The molecule has 1 heterocycles. The molecule has 1 aromatic carbocycles. The Hall–Kier alpha value is -1.61. The number of aromatic nitrogens is 1. The number of benzene rings is 1. The Kier molecular flexibility index (Phi) is 2.30. The molecule has 0 spiro atoms. The summed E-state index contributed by atoms with van der Waals surface area (Å²) < 4.78 is 0. The quantitative estimate of drug-likeness (QED) is 0.847. The lowest BCUT2D eigenvalue weighted by molar-refractivity contribution is 0.476. The average Bonchev–Trinajstić information content (AvgIpc) is 3.05. The number of nitrogens with zero attached hydrogens (tertiary/aromatic N) is 1. The van der Waals surface area contributed by atoms with Gasteiger partial charge in [0, 0.05) is 17.1 Å². The Labute approximate surface area is 100 Å². The van der Waals surface area contributed by atoms with E-state index < -0.39 is 0 Å². The van der Waals surface area contributed by atoms with E-state index >= 15 is 0 Å². The lowest BCUT2D eigenvalue weighted by atomic mass is 10.0. The smallest absolute Gasteiger partial charge is 0.116 e. The fraction of sp³-hybridized carbons (Fsp3) is 0.357. The fourth-order valence-corrected chi connectivity index (χ4v) is 2.20. The highest BCUT2D eigenvalue weighted by Gasteiger charge is 2.37. The monoisotopic (exact) mass is 228 g/mol. The van der Waals surface area contributed by atoms with Crippen molar-refractivity contribution in [2.45, 2.75) is 31.2 Å². The maximum Gasteiger partial charge on any atom is 0.116 e. The Morgan fingerprint density at radius 1 is 1.29 bits per heavy atom. The molecule has 0 saturated heterocycles. The molecule has 1 aromatic heterocycles. The minimum Gasteiger partial charge on any atom is -0.508 e. The number of nitrogens with two attached hydrogens (primary N) is 1. The summed E-state index contributed by atoms with van der Waals surface area (Å²) in [5.74, 6) is 0.292. The predicted molar refractivity (Wildman–Crippen MR) is 67.9 cm³/mol. The zero-order valence-electron chi connectivity index (χ0n) is 9.69. The van der Waals surface area contributed by atoms with E-state index in [-0.39, 0.29) is 5.54 Å². The third-order valence-electron chi connectivity index (χ3n) is 3.60. The normalized spacial score (nSPS) is 17.2.